The van der Waals surface area contributed by atoms with Gasteiger partial charge in [0.15, 0.2) is 0 Å². The smallest absolute Gasteiger partial charge is 0.227 e. The van der Waals surface area contributed by atoms with Gasteiger partial charge in [-0.25, -0.2) is 9.37 Å². The third-order valence-electron chi connectivity index (χ3n) is 12.2. The Kier molecular flexibility index (Phi) is 5.73. The molecule has 7 saturated carbocycles. The Morgan fingerprint density at radius 2 is 1.70 bits per heavy atom. The number of halogens is 1. The molecule has 4 bridgehead atoms. The Morgan fingerprint density at radius 1 is 0.977 bits per heavy atom. The molecule has 2 aromatic heterocycles. The molecule has 7 fully saturated rings. The summed E-state index contributed by atoms with van der Waals surface area (Å²) in [4.78, 5) is 21.0. The molecule has 0 spiro atoms. The number of hydrogen-bond donors (Lipinski definition) is 0. The van der Waals surface area contributed by atoms with Crippen molar-refractivity contribution < 1.29 is 9.18 Å². The van der Waals surface area contributed by atoms with Crippen molar-refractivity contribution >= 4 is 33.1 Å². The number of aryl methyl sites for hydroxylation is 2. The van der Waals surface area contributed by atoms with E-state index in [0.29, 0.717) is 31.6 Å². The number of benzene rings is 2. The molecule has 7 aliphatic rings. The average Bonchev–Trinajstić information content (AvgIpc) is 3.66. The van der Waals surface area contributed by atoms with E-state index in [-0.39, 0.29) is 22.2 Å². The fraction of sp³-hybridized carbons (Fsp3) is 0.541. The van der Waals surface area contributed by atoms with E-state index in [1.165, 1.54) is 48.2 Å². The molecule has 2 aromatic carbocycles. The van der Waals surface area contributed by atoms with Crippen LogP contribution in [-0.2, 0) is 17.3 Å². The molecule has 0 aliphatic heterocycles. The molecule has 5 nitrogen and oxygen atoms in total. The molecule has 0 unspecified atom stereocenters. The van der Waals surface area contributed by atoms with Gasteiger partial charge in [-0.3, -0.25) is 9.48 Å². The number of fused-ring (bicyclic) bond motifs is 4. The molecule has 0 N–H and O–H groups in total. The second kappa shape index (κ2) is 9.24. The highest BCUT2D eigenvalue weighted by Gasteiger charge is 2.69. The van der Waals surface area contributed by atoms with Gasteiger partial charge >= 0.3 is 0 Å². The van der Waals surface area contributed by atoms with E-state index in [1.807, 2.05) is 6.92 Å². The van der Waals surface area contributed by atoms with Crippen LogP contribution in [0.4, 0.5) is 10.1 Å². The molecule has 0 radical (unpaired) electrons. The molecule has 4 aromatic rings. The molecule has 7 heteroatoms. The standard InChI is InChI=1S/C37H41FN4OS/c1-24-39-29-9-8-27(17-31(29)44-24)26-4-3-5-28(16-26)42(33(43)19-35-20-37(38,21-35)22-35)23-34-10-13-36(14-11-34,15-12-34)32-18-30(25-6-7-25)40-41(32)2/h3-5,8-9,16-18,25H,6-7,10-15,19-23H2,1-2H3. The molecular weight excluding hydrogens is 567 g/mol. The minimum absolute atomic E-state index is 0.110. The van der Waals surface area contributed by atoms with Gasteiger partial charge in [0.05, 0.1) is 20.9 Å². The Morgan fingerprint density at radius 3 is 2.41 bits per heavy atom. The summed E-state index contributed by atoms with van der Waals surface area (Å²) in [5.74, 6) is 0.851. The fourth-order valence-electron chi connectivity index (χ4n) is 9.65. The van der Waals surface area contributed by atoms with Gasteiger partial charge in [-0.05, 0) is 130 Å². The highest BCUT2D eigenvalue weighted by Crippen LogP contribution is 2.71. The quantitative estimate of drug-likeness (QED) is 0.201. The number of amides is 1. The van der Waals surface area contributed by atoms with Gasteiger partial charge in [-0.2, -0.15) is 5.10 Å². The third kappa shape index (κ3) is 4.32. The number of anilines is 1. The predicted octanol–water partition coefficient (Wildman–Crippen LogP) is 8.79. The van der Waals surface area contributed by atoms with Crippen LogP contribution in [0.2, 0.25) is 0 Å². The summed E-state index contributed by atoms with van der Waals surface area (Å²) in [5.41, 5.74) is 6.27. The first-order valence-corrected chi connectivity index (χ1v) is 17.5. The number of thiazole rings is 1. The van der Waals surface area contributed by atoms with Crippen LogP contribution < -0.4 is 4.90 Å². The zero-order valence-corrected chi connectivity index (χ0v) is 26.7. The number of rotatable bonds is 8. The molecule has 0 atom stereocenters. The van der Waals surface area contributed by atoms with Crippen LogP contribution in [0.1, 0.15) is 99.4 Å². The first kappa shape index (κ1) is 27.3. The number of aromatic nitrogens is 3. The average molecular weight is 609 g/mol. The lowest BCUT2D eigenvalue weighted by molar-refractivity contribution is -0.215. The monoisotopic (exact) mass is 608 g/mol. The topological polar surface area (TPSA) is 51.0 Å². The summed E-state index contributed by atoms with van der Waals surface area (Å²) in [6.45, 7) is 2.81. The van der Waals surface area contributed by atoms with Crippen LogP contribution in [0.25, 0.3) is 21.3 Å². The molecular formula is C37H41FN4OS. The lowest BCUT2D eigenvalue weighted by atomic mass is 9.41. The fourth-order valence-corrected chi connectivity index (χ4v) is 10.5. The van der Waals surface area contributed by atoms with E-state index in [1.54, 1.807) is 11.3 Å². The van der Waals surface area contributed by atoms with Crippen LogP contribution in [0.3, 0.4) is 0 Å². The van der Waals surface area contributed by atoms with Crippen LogP contribution in [0, 0.1) is 17.8 Å². The highest BCUT2D eigenvalue weighted by molar-refractivity contribution is 7.18. The number of alkyl halides is 1. The zero-order valence-electron chi connectivity index (χ0n) is 25.9. The summed E-state index contributed by atoms with van der Waals surface area (Å²) >= 11 is 1.72. The first-order valence-electron chi connectivity index (χ1n) is 16.7. The van der Waals surface area contributed by atoms with E-state index < -0.39 is 5.67 Å². The predicted molar refractivity (Wildman–Crippen MR) is 174 cm³/mol. The van der Waals surface area contributed by atoms with Crippen LogP contribution >= 0.6 is 11.3 Å². The number of carbonyl (C=O) groups is 1. The van der Waals surface area contributed by atoms with Crippen LogP contribution in [0.5, 0.6) is 0 Å². The number of nitrogens with zero attached hydrogens (tertiary/aromatic N) is 4. The van der Waals surface area contributed by atoms with Crippen molar-refractivity contribution in [1.29, 1.82) is 0 Å². The minimum Gasteiger partial charge on any atom is -0.312 e. The summed E-state index contributed by atoms with van der Waals surface area (Å²) in [5, 5.41) is 6.00. The third-order valence-corrected chi connectivity index (χ3v) is 13.2. The summed E-state index contributed by atoms with van der Waals surface area (Å²) in [6, 6.07) is 17.4. The van der Waals surface area contributed by atoms with Gasteiger partial charge in [-0.1, -0.05) is 18.2 Å². The van der Waals surface area contributed by atoms with Crippen molar-refractivity contribution in [2.75, 3.05) is 11.4 Å². The van der Waals surface area contributed by atoms with E-state index in [4.69, 9.17) is 5.10 Å². The maximum Gasteiger partial charge on any atom is 0.227 e. The maximum atomic E-state index is 14.5. The second-order valence-corrected chi connectivity index (χ2v) is 16.7. The Hall–Kier alpha value is -3.06. The molecule has 7 aliphatic carbocycles. The van der Waals surface area contributed by atoms with Crippen molar-refractivity contribution in [3.63, 3.8) is 0 Å². The maximum absolute atomic E-state index is 14.5. The van der Waals surface area contributed by atoms with Gasteiger partial charge in [0.2, 0.25) is 5.91 Å². The van der Waals surface area contributed by atoms with Gasteiger partial charge in [0, 0.05) is 42.7 Å². The van der Waals surface area contributed by atoms with Crippen molar-refractivity contribution in [2.24, 2.45) is 17.9 Å². The van der Waals surface area contributed by atoms with Crippen molar-refractivity contribution in [3.05, 3.63) is 64.9 Å². The molecule has 2 heterocycles. The molecule has 44 heavy (non-hydrogen) atoms. The zero-order chi connectivity index (χ0) is 29.9. The minimum atomic E-state index is -0.987. The molecule has 1 amide bonds. The lowest BCUT2D eigenvalue weighted by Crippen LogP contribution is -2.65. The van der Waals surface area contributed by atoms with E-state index in [2.05, 4.69) is 70.1 Å². The number of hydrogen-bond acceptors (Lipinski definition) is 4. The Balaban J connectivity index is 1.00. The lowest BCUT2D eigenvalue weighted by Gasteiger charge is -2.66. The van der Waals surface area contributed by atoms with E-state index in [0.717, 1.165) is 53.1 Å². The Bertz CT molecular complexity index is 1770. The molecule has 228 valence electrons. The largest absolute Gasteiger partial charge is 0.312 e. The SMILES string of the molecule is Cc1nc2ccc(-c3cccc(N(CC45CCC(c6cc(C7CC7)nn6C)(CC4)CC5)C(=O)CC45CC(F)(C4)C5)c3)cc2s1. The first-order chi connectivity index (χ1) is 21.1. The molecule has 0 saturated heterocycles. The van der Waals surface area contributed by atoms with Crippen LogP contribution in [-0.4, -0.2) is 32.9 Å². The van der Waals surface area contributed by atoms with Gasteiger partial charge in [-0.15, -0.1) is 11.3 Å². The second-order valence-electron chi connectivity index (χ2n) is 15.4. The Labute approximate surface area is 262 Å². The van der Waals surface area contributed by atoms with Crippen LogP contribution in [0.15, 0.2) is 48.5 Å². The van der Waals surface area contributed by atoms with Gasteiger partial charge < -0.3 is 4.90 Å². The normalized spacial score (nSPS) is 32.0. The van der Waals surface area contributed by atoms with Crippen molar-refractivity contribution in [2.45, 2.75) is 101 Å². The summed E-state index contributed by atoms with van der Waals surface area (Å²) in [7, 11) is 2.14. The highest BCUT2D eigenvalue weighted by atomic mass is 32.1. The van der Waals surface area contributed by atoms with Crippen molar-refractivity contribution in [3.8, 4) is 11.1 Å². The molecule has 11 rings (SSSR count). The van der Waals surface area contributed by atoms with Crippen molar-refractivity contribution in [1.82, 2.24) is 14.8 Å². The van der Waals surface area contributed by atoms with Gasteiger partial charge in [0.1, 0.15) is 5.67 Å². The van der Waals surface area contributed by atoms with E-state index >= 15 is 0 Å². The summed E-state index contributed by atoms with van der Waals surface area (Å²) < 4.78 is 17.8. The van der Waals surface area contributed by atoms with Gasteiger partial charge in [0.25, 0.3) is 0 Å². The number of carbonyl (C=O) groups excluding carboxylic acids is 1. The van der Waals surface area contributed by atoms with E-state index in [9.17, 15) is 9.18 Å². The summed E-state index contributed by atoms with van der Waals surface area (Å²) in [6.07, 6.45) is 11.6.